The second-order valence-corrected chi connectivity index (χ2v) is 9.68. The van der Waals surface area contributed by atoms with E-state index in [-0.39, 0.29) is 5.56 Å². The van der Waals surface area contributed by atoms with Crippen LogP contribution < -0.4 is 16.3 Å². The fourth-order valence-electron chi connectivity index (χ4n) is 4.57. The molecule has 2 aromatic heterocycles. The van der Waals surface area contributed by atoms with Crippen molar-refractivity contribution in [3.05, 3.63) is 58.3 Å². The van der Waals surface area contributed by atoms with Crippen molar-refractivity contribution in [1.82, 2.24) is 19.5 Å². The van der Waals surface area contributed by atoms with Gasteiger partial charge in [-0.15, -0.1) is 11.8 Å². The highest BCUT2D eigenvalue weighted by Gasteiger charge is 2.20. The van der Waals surface area contributed by atoms with E-state index in [9.17, 15) is 4.79 Å². The number of rotatable bonds is 6. The van der Waals surface area contributed by atoms with Crippen molar-refractivity contribution < 1.29 is 0 Å². The highest BCUT2D eigenvalue weighted by Crippen LogP contribution is 2.25. The minimum atomic E-state index is -0.0758. The van der Waals surface area contributed by atoms with E-state index in [1.165, 1.54) is 10.1 Å². The molecule has 8 heteroatoms. The maximum absolute atomic E-state index is 12.5. The lowest BCUT2D eigenvalue weighted by molar-refractivity contribution is 0.252. The Morgan fingerprint density at radius 3 is 2.72 bits per heavy atom. The summed E-state index contributed by atoms with van der Waals surface area (Å²) < 4.78 is 1.27. The predicted octanol–water partition coefficient (Wildman–Crippen LogP) is 2.69. The molecule has 0 aliphatic carbocycles. The molecule has 0 bridgehead atoms. The van der Waals surface area contributed by atoms with E-state index in [2.05, 4.69) is 40.1 Å². The molecule has 168 valence electrons. The molecule has 0 radical (unpaired) electrons. The fraction of sp³-hybridized carbons (Fsp3) is 0.458. The molecule has 2 aliphatic heterocycles. The Kier molecular flexibility index (Phi) is 6.32. The summed E-state index contributed by atoms with van der Waals surface area (Å²) in [5, 5.41) is 1.19. The molecule has 1 aromatic carbocycles. The van der Waals surface area contributed by atoms with E-state index in [0.29, 0.717) is 0 Å². The fourth-order valence-corrected chi connectivity index (χ4v) is 5.59. The number of anilines is 1. The molecule has 7 nitrogen and oxygen atoms in total. The zero-order valence-electron chi connectivity index (χ0n) is 18.4. The Hall–Kier alpha value is -2.58. The van der Waals surface area contributed by atoms with Gasteiger partial charge in [-0.1, -0.05) is 18.2 Å². The van der Waals surface area contributed by atoms with Gasteiger partial charge >= 0.3 is 0 Å². The first-order valence-corrected chi connectivity index (χ1v) is 12.5. The van der Waals surface area contributed by atoms with Crippen molar-refractivity contribution >= 4 is 28.5 Å². The average Bonchev–Trinajstić information content (AvgIpc) is 2.85. The second kappa shape index (κ2) is 9.50. The van der Waals surface area contributed by atoms with Gasteiger partial charge in [0.15, 0.2) is 0 Å². The third kappa shape index (κ3) is 4.47. The van der Waals surface area contributed by atoms with E-state index in [0.717, 1.165) is 98.3 Å². The van der Waals surface area contributed by atoms with Gasteiger partial charge in [-0.25, -0.2) is 14.6 Å². The molecule has 32 heavy (non-hydrogen) atoms. The summed E-state index contributed by atoms with van der Waals surface area (Å²) in [6.45, 7) is 5.15. The molecule has 1 saturated heterocycles. The summed E-state index contributed by atoms with van der Waals surface area (Å²) in [5.41, 5.74) is 1.93. The molecular formula is C24H30N6OS. The number of hydrogen-bond donors (Lipinski definition) is 1. The van der Waals surface area contributed by atoms with Crippen molar-refractivity contribution in [3.63, 3.8) is 0 Å². The Morgan fingerprint density at radius 1 is 1.00 bits per heavy atom. The summed E-state index contributed by atoms with van der Waals surface area (Å²) >= 11 is 1.59. The van der Waals surface area contributed by atoms with E-state index in [1.54, 1.807) is 11.8 Å². The molecule has 0 unspecified atom stereocenters. The first-order chi connectivity index (χ1) is 15.7. The topological polar surface area (TPSA) is 80.3 Å². The third-order valence-corrected chi connectivity index (χ3v) is 7.62. The zero-order valence-corrected chi connectivity index (χ0v) is 19.2. The Labute approximate surface area is 192 Å². The Balaban J connectivity index is 1.10. The number of pyridine rings is 1. The Morgan fingerprint density at radius 2 is 1.84 bits per heavy atom. The van der Waals surface area contributed by atoms with Crippen LogP contribution in [0.15, 0.2) is 46.1 Å². The SMILES string of the molecule is Nn1c(CCCCN2CCN(c3ccc4ccccc4n3)CC2)nc2c(c1=O)SCCC2. The molecule has 0 saturated carbocycles. The van der Waals surface area contributed by atoms with Gasteiger partial charge in [-0.05, 0) is 56.2 Å². The molecular weight excluding hydrogens is 420 g/mol. The summed E-state index contributed by atoms with van der Waals surface area (Å²) in [6.07, 6.45) is 4.79. The molecule has 2 aliphatic rings. The van der Waals surface area contributed by atoms with Crippen molar-refractivity contribution in [1.29, 1.82) is 0 Å². The summed E-state index contributed by atoms with van der Waals surface area (Å²) in [7, 11) is 0. The molecule has 2 N–H and O–H groups in total. The van der Waals surface area contributed by atoms with Gasteiger partial charge in [0.1, 0.15) is 11.6 Å². The van der Waals surface area contributed by atoms with Crippen LogP contribution in [-0.2, 0) is 12.8 Å². The standard InChI is InChI=1S/C24H30N6OS/c25-30-22(27-20-8-5-17-32-23(20)24(30)31)9-3-4-12-28-13-15-29(16-14-28)21-11-10-18-6-1-2-7-19(18)26-21/h1-2,6-7,10-11H,3-5,8-9,12-17,25H2. The smallest absolute Gasteiger partial charge is 0.285 e. The lowest BCUT2D eigenvalue weighted by Gasteiger charge is -2.35. The van der Waals surface area contributed by atoms with Gasteiger partial charge in [0.25, 0.3) is 5.56 Å². The number of hydrogen-bond acceptors (Lipinski definition) is 7. The third-order valence-electron chi connectivity index (χ3n) is 6.43. The van der Waals surface area contributed by atoms with Crippen LogP contribution >= 0.6 is 11.8 Å². The number of nitrogens with zero attached hydrogens (tertiary/aromatic N) is 5. The van der Waals surface area contributed by atoms with E-state index < -0.39 is 0 Å². The zero-order chi connectivity index (χ0) is 21.9. The molecule has 4 heterocycles. The lowest BCUT2D eigenvalue weighted by atomic mass is 10.2. The number of thioether (sulfide) groups is 1. The summed E-state index contributed by atoms with van der Waals surface area (Å²) in [4.78, 5) is 27.7. The number of unbranched alkanes of at least 4 members (excludes halogenated alkanes) is 1. The molecule has 5 rings (SSSR count). The predicted molar refractivity (Wildman–Crippen MR) is 131 cm³/mol. The highest BCUT2D eigenvalue weighted by atomic mass is 32.2. The van der Waals surface area contributed by atoms with Gasteiger partial charge in [-0.2, -0.15) is 0 Å². The summed E-state index contributed by atoms with van der Waals surface area (Å²) in [6, 6.07) is 12.6. The molecule has 0 amide bonds. The van der Waals surface area contributed by atoms with Gasteiger partial charge < -0.3 is 10.7 Å². The number of aromatic nitrogens is 3. The Bertz CT molecular complexity index is 1150. The number of aryl methyl sites for hydroxylation is 2. The van der Waals surface area contributed by atoms with Crippen LogP contribution in [0, 0.1) is 0 Å². The van der Waals surface area contributed by atoms with Crippen molar-refractivity contribution in [3.8, 4) is 0 Å². The minimum absolute atomic E-state index is 0.0758. The van der Waals surface area contributed by atoms with Crippen LogP contribution in [0.25, 0.3) is 10.9 Å². The number of benzene rings is 1. The number of nitrogen functional groups attached to an aromatic ring is 1. The van der Waals surface area contributed by atoms with Gasteiger partial charge in [0, 0.05) is 38.0 Å². The first kappa shape index (κ1) is 21.3. The van der Waals surface area contributed by atoms with Crippen LogP contribution in [-0.4, -0.2) is 58.0 Å². The summed E-state index contributed by atoms with van der Waals surface area (Å²) in [5.74, 6) is 8.82. The van der Waals surface area contributed by atoms with E-state index >= 15 is 0 Å². The lowest BCUT2D eigenvalue weighted by Crippen LogP contribution is -2.46. The number of piperazine rings is 1. The first-order valence-electron chi connectivity index (χ1n) is 11.5. The molecule has 0 atom stereocenters. The normalized spacial score (nSPS) is 16.9. The van der Waals surface area contributed by atoms with Crippen LogP contribution in [0.3, 0.4) is 0 Å². The second-order valence-electron chi connectivity index (χ2n) is 8.58. The number of fused-ring (bicyclic) bond motifs is 2. The maximum atomic E-state index is 12.5. The van der Waals surface area contributed by atoms with Crippen molar-refractivity contribution in [2.24, 2.45) is 0 Å². The van der Waals surface area contributed by atoms with Crippen LogP contribution in [0.5, 0.6) is 0 Å². The van der Waals surface area contributed by atoms with Crippen LogP contribution in [0.2, 0.25) is 0 Å². The van der Waals surface area contributed by atoms with Crippen LogP contribution in [0.1, 0.15) is 30.8 Å². The number of para-hydroxylation sites is 1. The van der Waals surface area contributed by atoms with Crippen molar-refractivity contribution in [2.75, 3.05) is 49.2 Å². The van der Waals surface area contributed by atoms with E-state index in [4.69, 9.17) is 15.8 Å². The monoisotopic (exact) mass is 450 g/mol. The minimum Gasteiger partial charge on any atom is -0.354 e. The van der Waals surface area contributed by atoms with Gasteiger partial charge in [0.2, 0.25) is 0 Å². The molecule has 0 spiro atoms. The average molecular weight is 451 g/mol. The quantitative estimate of drug-likeness (QED) is 0.457. The maximum Gasteiger partial charge on any atom is 0.285 e. The molecule has 1 fully saturated rings. The van der Waals surface area contributed by atoms with Gasteiger partial charge in [-0.3, -0.25) is 9.69 Å². The van der Waals surface area contributed by atoms with E-state index in [1.807, 2.05) is 6.07 Å². The molecule has 3 aromatic rings. The van der Waals surface area contributed by atoms with Gasteiger partial charge in [0.05, 0.1) is 16.1 Å². The highest BCUT2D eigenvalue weighted by molar-refractivity contribution is 7.99. The number of nitrogens with two attached hydrogens (primary N) is 1. The largest absolute Gasteiger partial charge is 0.354 e. The van der Waals surface area contributed by atoms with Crippen LogP contribution in [0.4, 0.5) is 5.82 Å². The van der Waals surface area contributed by atoms with Crippen molar-refractivity contribution in [2.45, 2.75) is 37.0 Å².